The van der Waals surface area contributed by atoms with Crippen LogP contribution in [0.25, 0.3) is 0 Å². The fourth-order valence-corrected chi connectivity index (χ4v) is 2.40. The van der Waals surface area contributed by atoms with Gasteiger partial charge in [0.15, 0.2) is 11.8 Å². The Balaban J connectivity index is 1.94. The molecule has 0 aliphatic heterocycles. The third-order valence-corrected chi connectivity index (χ3v) is 3.75. The number of amidine groups is 1. The summed E-state index contributed by atoms with van der Waals surface area (Å²) in [7, 11) is 0. The van der Waals surface area contributed by atoms with Crippen LogP contribution in [0.1, 0.15) is 11.1 Å². The van der Waals surface area contributed by atoms with E-state index in [-0.39, 0.29) is 10.9 Å². The van der Waals surface area contributed by atoms with Crippen LogP contribution in [0.4, 0.5) is 13.2 Å². The second-order valence-electron chi connectivity index (χ2n) is 4.90. The second-order valence-corrected chi connectivity index (χ2v) is 5.89. The molecule has 25 heavy (non-hydrogen) atoms. The summed E-state index contributed by atoms with van der Waals surface area (Å²) in [4.78, 5) is 0. The lowest BCUT2D eigenvalue weighted by atomic mass is 10.2. The van der Waals surface area contributed by atoms with Crippen LogP contribution in [0.3, 0.4) is 0 Å². The van der Waals surface area contributed by atoms with Crippen molar-refractivity contribution in [2.75, 3.05) is 6.61 Å². The molecule has 2 aromatic rings. The van der Waals surface area contributed by atoms with E-state index in [1.165, 1.54) is 24.0 Å². The van der Waals surface area contributed by atoms with Crippen LogP contribution in [0.5, 0.6) is 5.75 Å². The highest BCUT2D eigenvalue weighted by atomic mass is 32.2. The first-order valence-corrected chi connectivity index (χ1v) is 8.24. The zero-order chi connectivity index (χ0) is 18.1. The molecular weight excluding hydrogens is 351 g/mol. The van der Waals surface area contributed by atoms with E-state index in [0.29, 0.717) is 11.3 Å². The molecule has 0 fully saturated rings. The lowest BCUT2D eigenvalue weighted by molar-refractivity contribution is -0.153. The molecule has 4 nitrogen and oxygen atoms in total. The number of hydrogen-bond donors (Lipinski definition) is 1. The van der Waals surface area contributed by atoms with E-state index in [1.807, 2.05) is 30.3 Å². The number of ether oxygens (including phenoxy) is 1. The third kappa shape index (κ3) is 7.30. The van der Waals surface area contributed by atoms with E-state index in [2.05, 4.69) is 10.2 Å². The average Bonchev–Trinajstić information content (AvgIpc) is 2.59. The van der Waals surface area contributed by atoms with Gasteiger partial charge in [-0.3, -0.25) is 0 Å². The van der Waals surface area contributed by atoms with Crippen LogP contribution in [-0.2, 0) is 5.75 Å². The predicted molar refractivity (Wildman–Crippen MR) is 94.9 cm³/mol. The van der Waals surface area contributed by atoms with Crippen molar-refractivity contribution in [1.29, 1.82) is 0 Å². The van der Waals surface area contributed by atoms with Crippen molar-refractivity contribution < 1.29 is 17.9 Å². The Morgan fingerprint density at radius 3 is 2.48 bits per heavy atom. The number of nitrogens with zero attached hydrogens (tertiary/aromatic N) is 2. The number of hydrogen-bond acceptors (Lipinski definition) is 4. The largest absolute Gasteiger partial charge is 0.483 e. The third-order valence-electron chi connectivity index (χ3n) is 2.89. The van der Waals surface area contributed by atoms with E-state index in [1.54, 1.807) is 18.2 Å². The molecule has 0 atom stereocenters. The first-order valence-electron chi connectivity index (χ1n) is 7.26. The average molecular weight is 367 g/mol. The maximum absolute atomic E-state index is 12.3. The van der Waals surface area contributed by atoms with E-state index >= 15 is 0 Å². The fourth-order valence-electron chi connectivity index (χ4n) is 1.79. The molecule has 0 amide bonds. The highest BCUT2D eigenvalue weighted by Crippen LogP contribution is 2.21. The minimum absolute atomic E-state index is 0.0780. The molecule has 132 valence electrons. The normalized spacial score (nSPS) is 12.5. The summed E-state index contributed by atoms with van der Waals surface area (Å²) in [6, 6.07) is 16.0. The Morgan fingerprint density at radius 1 is 1.08 bits per heavy atom. The van der Waals surface area contributed by atoms with E-state index in [9.17, 15) is 13.2 Å². The van der Waals surface area contributed by atoms with Crippen molar-refractivity contribution in [3.05, 3.63) is 65.7 Å². The summed E-state index contributed by atoms with van der Waals surface area (Å²) >= 11 is 1.32. The van der Waals surface area contributed by atoms with Crippen LogP contribution in [0, 0.1) is 0 Å². The first kappa shape index (κ1) is 18.9. The summed E-state index contributed by atoms with van der Waals surface area (Å²) in [6.45, 7) is -1.36. The monoisotopic (exact) mass is 367 g/mol. The second kappa shape index (κ2) is 9.12. The number of alkyl halides is 3. The molecule has 0 bridgehead atoms. The Hall–Kier alpha value is -2.48. The minimum atomic E-state index is -4.40. The SMILES string of the molecule is NC(=NN=Cc1ccccc1OCC(F)(F)F)SCc1ccccc1. The molecular formula is C17H16F3N3OS. The van der Waals surface area contributed by atoms with Gasteiger partial charge < -0.3 is 10.5 Å². The van der Waals surface area contributed by atoms with Crippen molar-refractivity contribution >= 4 is 23.1 Å². The van der Waals surface area contributed by atoms with Crippen molar-refractivity contribution in [2.45, 2.75) is 11.9 Å². The summed E-state index contributed by atoms with van der Waals surface area (Å²) in [5.41, 5.74) is 7.24. The Bertz CT molecular complexity index is 733. The Morgan fingerprint density at radius 2 is 1.76 bits per heavy atom. The maximum atomic E-state index is 12.3. The van der Waals surface area contributed by atoms with Crippen molar-refractivity contribution in [3.63, 3.8) is 0 Å². The highest BCUT2D eigenvalue weighted by molar-refractivity contribution is 8.13. The summed E-state index contributed by atoms with van der Waals surface area (Å²) < 4.78 is 41.5. The molecule has 0 unspecified atom stereocenters. The molecule has 8 heteroatoms. The van der Waals surface area contributed by atoms with Crippen LogP contribution < -0.4 is 10.5 Å². The minimum Gasteiger partial charge on any atom is -0.483 e. The lowest BCUT2D eigenvalue weighted by Gasteiger charge is -2.10. The van der Waals surface area contributed by atoms with Crippen LogP contribution in [0.15, 0.2) is 64.8 Å². The van der Waals surface area contributed by atoms with Gasteiger partial charge >= 0.3 is 6.18 Å². The van der Waals surface area contributed by atoms with Crippen LogP contribution >= 0.6 is 11.8 Å². The number of thioether (sulfide) groups is 1. The molecule has 0 radical (unpaired) electrons. The fraction of sp³-hybridized carbons (Fsp3) is 0.176. The van der Waals surface area contributed by atoms with Crippen molar-refractivity contribution in [3.8, 4) is 5.75 Å². The van der Waals surface area contributed by atoms with E-state index in [0.717, 1.165) is 5.56 Å². The summed E-state index contributed by atoms with van der Waals surface area (Å²) in [6.07, 6.45) is -3.09. The maximum Gasteiger partial charge on any atom is 0.422 e. The zero-order valence-electron chi connectivity index (χ0n) is 13.1. The van der Waals surface area contributed by atoms with Gasteiger partial charge in [0, 0.05) is 11.3 Å². The van der Waals surface area contributed by atoms with Crippen molar-refractivity contribution in [2.24, 2.45) is 15.9 Å². The van der Waals surface area contributed by atoms with Crippen LogP contribution in [-0.4, -0.2) is 24.2 Å². The highest BCUT2D eigenvalue weighted by Gasteiger charge is 2.28. The number of halogens is 3. The van der Waals surface area contributed by atoms with Gasteiger partial charge in [-0.15, -0.1) is 5.10 Å². The molecule has 0 saturated heterocycles. The molecule has 0 aromatic heterocycles. The molecule has 0 aliphatic rings. The predicted octanol–water partition coefficient (Wildman–Crippen LogP) is 4.21. The molecule has 0 aliphatic carbocycles. The number of para-hydroxylation sites is 1. The molecule has 0 spiro atoms. The number of nitrogens with two attached hydrogens (primary N) is 1. The van der Waals surface area contributed by atoms with Gasteiger partial charge in [0.05, 0.1) is 6.21 Å². The number of rotatable bonds is 6. The smallest absolute Gasteiger partial charge is 0.422 e. The van der Waals surface area contributed by atoms with Gasteiger partial charge in [0.2, 0.25) is 0 Å². The topological polar surface area (TPSA) is 60.0 Å². The number of benzene rings is 2. The Labute approximate surface area is 147 Å². The summed E-state index contributed by atoms with van der Waals surface area (Å²) in [5.74, 6) is 0.728. The standard InChI is InChI=1S/C17H16F3N3OS/c18-17(19,20)12-24-15-9-5-4-8-14(15)10-22-23-16(21)25-11-13-6-2-1-3-7-13/h1-10H,11-12H2,(H2,21,23). The summed E-state index contributed by atoms with van der Waals surface area (Å²) in [5, 5.41) is 7.91. The van der Waals surface area contributed by atoms with Crippen LogP contribution in [0.2, 0.25) is 0 Å². The quantitative estimate of drug-likeness (QED) is 0.473. The molecule has 2 rings (SSSR count). The van der Waals surface area contributed by atoms with Gasteiger partial charge in [-0.2, -0.15) is 18.3 Å². The van der Waals surface area contributed by atoms with Crippen molar-refractivity contribution in [1.82, 2.24) is 0 Å². The lowest BCUT2D eigenvalue weighted by Crippen LogP contribution is -2.19. The first-order chi connectivity index (χ1) is 11.9. The van der Waals surface area contributed by atoms with Gasteiger partial charge in [0.1, 0.15) is 5.75 Å². The molecule has 0 saturated carbocycles. The van der Waals surface area contributed by atoms with Gasteiger partial charge in [-0.1, -0.05) is 54.2 Å². The van der Waals surface area contributed by atoms with E-state index in [4.69, 9.17) is 10.5 Å². The van der Waals surface area contributed by atoms with Gasteiger partial charge in [-0.05, 0) is 17.7 Å². The van der Waals surface area contributed by atoms with Gasteiger partial charge in [0.25, 0.3) is 0 Å². The molecule has 2 aromatic carbocycles. The Kier molecular flexibility index (Phi) is 6.88. The molecule has 2 N–H and O–H groups in total. The molecule has 0 heterocycles. The van der Waals surface area contributed by atoms with Gasteiger partial charge in [-0.25, -0.2) is 0 Å². The zero-order valence-corrected chi connectivity index (χ0v) is 13.9. The van der Waals surface area contributed by atoms with E-state index < -0.39 is 12.8 Å².